The van der Waals surface area contributed by atoms with Crippen LogP contribution in [0.25, 0.3) is 0 Å². The Labute approximate surface area is 74.5 Å². The van der Waals surface area contributed by atoms with Crippen LogP contribution < -0.4 is 5.32 Å². The standard InChI is InChI=1S/C8H10F3NO/c1-4-7(3,5-2)12-6(13)8(9,10)11/h1H,5H2,2-3H3,(H,12,13). The van der Waals surface area contributed by atoms with E-state index >= 15 is 0 Å². The molecule has 1 N–H and O–H groups in total. The lowest BCUT2D eigenvalue weighted by Crippen LogP contribution is -2.49. The first-order valence-corrected chi connectivity index (χ1v) is 3.62. The highest BCUT2D eigenvalue weighted by Crippen LogP contribution is 2.17. The molecule has 0 aliphatic heterocycles. The molecule has 74 valence electrons. The van der Waals surface area contributed by atoms with Crippen molar-refractivity contribution in [3.63, 3.8) is 0 Å². The minimum Gasteiger partial charge on any atom is -0.332 e. The van der Waals surface area contributed by atoms with Crippen LogP contribution in [0, 0.1) is 12.3 Å². The number of nitrogens with one attached hydrogen (secondary N) is 1. The van der Waals surface area contributed by atoms with E-state index in [9.17, 15) is 18.0 Å². The molecule has 0 radical (unpaired) electrons. The maximum absolute atomic E-state index is 11.8. The summed E-state index contributed by atoms with van der Waals surface area (Å²) >= 11 is 0. The van der Waals surface area contributed by atoms with Crippen molar-refractivity contribution in [1.29, 1.82) is 0 Å². The molecule has 2 nitrogen and oxygen atoms in total. The molecule has 0 fully saturated rings. The molecule has 13 heavy (non-hydrogen) atoms. The van der Waals surface area contributed by atoms with Gasteiger partial charge >= 0.3 is 12.1 Å². The van der Waals surface area contributed by atoms with Crippen LogP contribution in [-0.4, -0.2) is 17.6 Å². The largest absolute Gasteiger partial charge is 0.471 e. The van der Waals surface area contributed by atoms with Crippen LogP contribution in [0.5, 0.6) is 0 Å². The summed E-state index contributed by atoms with van der Waals surface area (Å²) in [6, 6.07) is 0. The Morgan fingerprint density at radius 2 is 2.00 bits per heavy atom. The summed E-state index contributed by atoms with van der Waals surface area (Å²) in [4.78, 5) is 10.5. The first-order chi connectivity index (χ1) is 5.75. The fourth-order valence-corrected chi connectivity index (χ4v) is 0.548. The molecule has 1 amide bonds. The van der Waals surface area contributed by atoms with E-state index in [1.165, 1.54) is 6.92 Å². The van der Waals surface area contributed by atoms with Gasteiger partial charge in [0.25, 0.3) is 0 Å². The molecule has 1 unspecified atom stereocenters. The minimum absolute atomic E-state index is 0.241. The summed E-state index contributed by atoms with van der Waals surface area (Å²) in [7, 11) is 0. The number of carbonyl (C=O) groups excluding carboxylic acids is 1. The molecule has 0 rings (SSSR count). The lowest BCUT2D eigenvalue weighted by molar-refractivity contribution is -0.175. The second-order valence-electron chi connectivity index (χ2n) is 2.78. The van der Waals surface area contributed by atoms with Crippen molar-refractivity contribution < 1.29 is 18.0 Å². The molecule has 5 heteroatoms. The molecule has 0 aliphatic carbocycles. The predicted octanol–water partition coefficient (Wildman–Crippen LogP) is 1.47. The van der Waals surface area contributed by atoms with Gasteiger partial charge in [-0.3, -0.25) is 4.79 Å². The molecule has 0 saturated heterocycles. The highest BCUT2D eigenvalue weighted by molar-refractivity contribution is 5.82. The SMILES string of the molecule is C#CC(C)(CC)NC(=O)C(F)(F)F. The fraction of sp³-hybridized carbons (Fsp3) is 0.625. The monoisotopic (exact) mass is 193 g/mol. The highest BCUT2D eigenvalue weighted by Gasteiger charge is 2.41. The van der Waals surface area contributed by atoms with Gasteiger partial charge in [-0.1, -0.05) is 12.8 Å². The summed E-state index contributed by atoms with van der Waals surface area (Å²) in [5.74, 6) is 0.0944. The van der Waals surface area contributed by atoms with E-state index in [-0.39, 0.29) is 6.42 Å². The van der Waals surface area contributed by atoms with Crippen molar-refractivity contribution in [1.82, 2.24) is 5.32 Å². The zero-order chi connectivity index (χ0) is 10.7. The van der Waals surface area contributed by atoms with Crippen LogP contribution in [0.2, 0.25) is 0 Å². The van der Waals surface area contributed by atoms with Crippen LogP contribution in [0.15, 0.2) is 0 Å². The second kappa shape index (κ2) is 3.69. The van der Waals surface area contributed by atoms with Crippen LogP contribution in [0.1, 0.15) is 20.3 Å². The Hall–Kier alpha value is -1.18. The Kier molecular flexibility index (Phi) is 3.35. The third kappa shape index (κ3) is 3.36. The lowest BCUT2D eigenvalue weighted by Gasteiger charge is -2.23. The summed E-state index contributed by atoms with van der Waals surface area (Å²) < 4.78 is 35.3. The molecule has 0 saturated carbocycles. The topological polar surface area (TPSA) is 29.1 Å². The van der Waals surface area contributed by atoms with Gasteiger partial charge in [0.2, 0.25) is 0 Å². The van der Waals surface area contributed by atoms with Crippen LogP contribution in [-0.2, 0) is 4.79 Å². The van der Waals surface area contributed by atoms with Crippen LogP contribution >= 0.6 is 0 Å². The van der Waals surface area contributed by atoms with Gasteiger partial charge in [-0.05, 0) is 13.3 Å². The summed E-state index contributed by atoms with van der Waals surface area (Å²) in [6.45, 7) is 2.95. The third-order valence-electron chi connectivity index (χ3n) is 1.67. The highest BCUT2D eigenvalue weighted by atomic mass is 19.4. The zero-order valence-corrected chi connectivity index (χ0v) is 7.33. The van der Waals surface area contributed by atoms with Crippen molar-refractivity contribution in [3.05, 3.63) is 0 Å². The first-order valence-electron chi connectivity index (χ1n) is 3.62. The van der Waals surface area contributed by atoms with Crippen LogP contribution in [0.3, 0.4) is 0 Å². The van der Waals surface area contributed by atoms with Gasteiger partial charge in [-0.15, -0.1) is 6.42 Å². The Bertz CT molecular complexity index is 241. The van der Waals surface area contributed by atoms with Gasteiger partial charge in [0.05, 0.1) is 5.54 Å². The van der Waals surface area contributed by atoms with Crippen LogP contribution in [0.4, 0.5) is 13.2 Å². The maximum Gasteiger partial charge on any atom is 0.471 e. The Balaban J connectivity index is 4.47. The maximum atomic E-state index is 11.8. The van der Waals surface area contributed by atoms with E-state index in [0.29, 0.717) is 0 Å². The molecule has 0 aliphatic rings. The lowest BCUT2D eigenvalue weighted by atomic mass is 10.0. The molecular weight excluding hydrogens is 183 g/mol. The molecule has 0 aromatic rings. The van der Waals surface area contributed by atoms with Crippen molar-refractivity contribution in [2.75, 3.05) is 0 Å². The van der Waals surface area contributed by atoms with Gasteiger partial charge in [0, 0.05) is 0 Å². The predicted molar refractivity (Wildman–Crippen MR) is 41.7 cm³/mol. The van der Waals surface area contributed by atoms with Gasteiger partial charge in [0.1, 0.15) is 0 Å². The van der Waals surface area contributed by atoms with E-state index in [1.54, 1.807) is 12.2 Å². The third-order valence-corrected chi connectivity index (χ3v) is 1.67. The average molecular weight is 193 g/mol. The van der Waals surface area contributed by atoms with E-state index in [2.05, 4.69) is 5.92 Å². The number of carbonyl (C=O) groups is 1. The quantitative estimate of drug-likeness (QED) is 0.661. The summed E-state index contributed by atoms with van der Waals surface area (Å²) in [5, 5.41) is 1.73. The summed E-state index contributed by atoms with van der Waals surface area (Å²) in [5.41, 5.74) is -1.23. The minimum atomic E-state index is -4.88. The molecule has 0 aromatic heterocycles. The summed E-state index contributed by atoms with van der Waals surface area (Å²) in [6.07, 6.45) is 0.337. The smallest absolute Gasteiger partial charge is 0.332 e. The molecule has 0 spiro atoms. The van der Waals surface area contributed by atoms with Gasteiger partial charge in [-0.2, -0.15) is 13.2 Å². The molecule has 0 heterocycles. The normalized spacial score (nSPS) is 15.7. The van der Waals surface area contributed by atoms with E-state index in [0.717, 1.165) is 0 Å². The fourth-order valence-electron chi connectivity index (χ4n) is 0.548. The molecular formula is C8H10F3NO. The second-order valence-corrected chi connectivity index (χ2v) is 2.78. The first kappa shape index (κ1) is 11.8. The molecule has 0 aromatic carbocycles. The van der Waals surface area contributed by atoms with E-state index in [4.69, 9.17) is 6.42 Å². The van der Waals surface area contributed by atoms with Gasteiger partial charge in [-0.25, -0.2) is 0 Å². The Morgan fingerprint density at radius 3 is 2.23 bits per heavy atom. The average Bonchev–Trinajstić information content (AvgIpc) is 2.02. The van der Waals surface area contributed by atoms with Crippen molar-refractivity contribution in [3.8, 4) is 12.3 Å². The number of hydrogen-bond donors (Lipinski definition) is 1. The van der Waals surface area contributed by atoms with Crippen molar-refractivity contribution >= 4 is 5.91 Å². The van der Waals surface area contributed by atoms with E-state index < -0.39 is 17.6 Å². The number of halogens is 3. The van der Waals surface area contributed by atoms with Gasteiger partial charge in [0.15, 0.2) is 0 Å². The molecule has 0 bridgehead atoms. The zero-order valence-electron chi connectivity index (χ0n) is 7.33. The number of alkyl halides is 3. The van der Waals surface area contributed by atoms with Crippen molar-refractivity contribution in [2.45, 2.75) is 32.0 Å². The van der Waals surface area contributed by atoms with Crippen molar-refractivity contribution in [2.24, 2.45) is 0 Å². The number of amides is 1. The number of rotatable bonds is 2. The van der Waals surface area contributed by atoms with E-state index in [1.807, 2.05) is 0 Å². The number of terminal acetylenes is 1. The molecule has 1 atom stereocenters. The van der Waals surface area contributed by atoms with Gasteiger partial charge < -0.3 is 5.32 Å². The Morgan fingerprint density at radius 1 is 1.54 bits per heavy atom. The number of hydrogen-bond acceptors (Lipinski definition) is 1.